The van der Waals surface area contributed by atoms with Crippen LogP contribution in [0, 0.1) is 13.8 Å². The van der Waals surface area contributed by atoms with Gasteiger partial charge in [0, 0.05) is 33.0 Å². The standard InChI is InChI=1S/C42H27BO3/c1-24-36-32-22-29(46-28-16-10-5-11-17-28)23-33-37-25(2)45-42-31(27-14-8-4-9-15-27)19-21-35(39(37)42)43(40(32)33)34-20-18-30(41(44-24)38(34)36)26-12-6-3-7-13-26/h3-23H,1-2H3. The molecule has 2 aliphatic rings. The number of furan rings is 2. The molecule has 4 heteroatoms. The lowest BCUT2D eigenvalue weighted by Crippen LogP contribution is -2.57. The van der Waals surface area contributed by atoms with E-state index >= 15 is 0 Å². The van der Waals surface area contributed by atoms with Crippen LogP contribution in [0.25, 0.3) is 66.4 Å². The van der Waals surface area contributed by atoms with Crippen molar-refractivity contribution in [2.45, 2.75) is 13.8 Å². The first kappa shape index (κ1) is 25.6. The molecule has 0 fully saturated rings. The van der Waals surface area contributed by atoms with E-state index in [4.69, 9.17) is 13.6 Å². The Morgan fingerprint density at radius 3 is 1.41 bits per heavy atom. The molecule has 4 heterocycles. The van der Waals surface area contributed by atoms with E-state index in [1.54, 1.807) is 0 Å². The van der Waals surface area contributed by atoms with Crippen LogP contribution >= 0.6 is 0 Å². The fourth-order valence-corrected chi connectivity index (χ4v) is 8.02. The molecule has 216 valence electrons. The van der Waals surface area contributed by atoms with E-state index < -0.39 is 0 Å². The molecular weight excluding hydrogens is 563 g/mol. The molecule has 8 aromatic rings. The Bertz CT molecular complexity index is 2350. The van der Waals surface area contributed by atoms with Crippen molar-refractivity contribution in [1.82, 2.24) is 0 Å². The van der Waals surface area contributed by atoms with Crippen molar-refractivity contribution in [3.63, 3.8) is 0 Å². The van der Waals surface area contributed by atoms with Crippen LogP contribution in [0.5, 0.6) is 11.5 Å². The van der Waals surface area contributed by atoms with Gasteiger partial charge in [0.1, 0.15) is 34.2 Å². The van der Waals surface area contributed by atoms with Gasteiger partial charge in [-0.2, -0.15) is 0 Å². The van der Waals surface area contributed by atoms with Crippen LogP contribution in [0.15, 0.2) is 136 Å². The Morgan fingerprint density at radius 2 is 0.935 bits per heavy atom. The van der Waals surface area contributed by atoms with Crippen molar-refractivity contribution in [2.75, 3.05) is 0 Å². The van der Waals surface area contributed by atoms with Crippen LogP contribution in [-0.4, -0.2) is 6.71 Å². The fraction of sp³-hybridized carbons (Fsp3) is 0.0476. The molecule has 0 bridgehead atoms. The number of benzene rings is 6. The molecule has 2 aliphatic heterocycles. The van der Waals surface area contributed by atoms with Gasteiger partial charge in [-0.05, 0) is 60.4 Å². The predicted octanol–water partition coefficient (Wildman–Crippen LogP) is 9.40. The van der Waals surface area contributed by atoms with Crippen molar-refractivity contribution < 1.29 is 13.6 Å². The molecule has 0 atom stereocenters. The quantitative estimate of drug-likeness (QED) is 0.192. The highest BCUT2D eigenvalue weighted by Crippen LogP contribution is 2.47. The van der Waals surface area contributed by atoms with Gasteiger partial charge in [-0.25, -0.2) is 0 Å². The van der Waals surface area contributed by atoms with Gasteiger partial charge in [0.05, 0.1) is 0 Å². The summed E-state index contributed by atoms with van der Waals surface area (Å²) >= 11 is 0. The summed E-state index contributed by atoms with van der Waals surface area (Å²) in [5, 5.41) is 2.37. The van der Waals surface area contributed by atoms with E-state index in [-0.39, 0.29) is 6.71 Å². The Hall–Kier alpha value is -5.74. The van der Waals surface area contributed by atoms with E-state index in [0.717, 1.165) is 78.7 Å². The maximum absolute atomic E-state index is 6.74. The largest absolute Gasteiger partial charge is 0.460 e. The van der Waals surface area contributed by atoms with E-state index in [1.807, 2.05) is 30.3 Å². The van der Waals surface area contributed by atoms with Gasteiger partial charge >= 0.3 is 0 Å². The molecule has 0 saturated heterocycles. The summed E-state index contributed by atoms with van der Waals surface area (Å²) in [5.41, 5.74) is 14.8. The third-order valence-corrected chi connectivity index (χ3v) is 9.85. The number of para-hydroxylation sites is 1. The third kappa shape index (κ3) is 3.44. The minimum atomic E-state index is 0.0180. The highest BCUT2D eigenvalue weighted by molar-refractivity contribution is 7.01. The minimum absolute atomic E-state index is 0.0180. The topological polar surface area (TPSA) is 35.5 Å². The van der Waals surface area contributed by atoms with Crippen molar-refractivity contribution in [3.05, 3.63) is 139 Å². The summed E-state index contributed by atoms with van der Waals surface area (Å²) in [6.07, 6.45) is 0. The van der Waals surface area contributed by atoms with Crippen molar-refractivity contribution >= 4 is 45.0 Å². The molecule has 0 unspecified atom stereocenters. The lowest BCUT2D eigenvalue weighted by Gasteiger charge is -2.32. The highest BCUT2D eigenvalue weighted by atomic mass is 16.5. The monoisotopic (exact) mass is 590 g/mol. The van der Waals surface area contributed by atoms with Crippen molar-refractivity contribution in [1.29, 1.82) is 0 Å². The number of hydrogen-bond acceptors (Lipinski definition) is 3. The van der Waals surface area contributed by atoms with Crippen LogP contribution in [0.3, 0.4) is 0 Å². The zero-order valence-electron chi connectivity index (χ0n) is 25.4. The van der Waals surface area contributed by atoms with E-state index in [9.17, 15) is 0 Å². The molecule has 6 aromatic carbocycles. The van der Waals surface area contributed by atoms with Gasteiger partial charge in [0.15, 0.2) is 0 Å². The zero-order chi connectivity index (χ0) is 30.5. The maximum Gasteiger partial charge on any atom is 0.244 e. The van der Waals surface area contributed by atoms with E-state index in [2.05, 4.69) is 111 Å². The number of fused-ring (bicyclic) bond motifs is 4. The van der Waals surface area contributed by atoms with Gasteiger partial charge in [0.2, 0.25) is 6.71 Å². The predicted molar refractivity (Wildman–Crippen MR) is 188 cm³/mol. The van der Waals surface area contributed by atoms with Gasteiger partial charge in [-0.3, -0.25) is 0 Å². The number of aryl methyl sites for hydroxylation is 2. The van der Waals surface area contributed by atoms with Crippen LogP contribution in [-0.2, 0) is 0 Å². The molecule has 3 nitrogen and oxygen atoms in total. The second-order valence-corrected chi connectivity index (χ2v) is 12.4. The summed E-state index contributed by atoms with van der Waals surface area (Å²) in [7, 11) is 0. The molecule has 0 amide bonds. The normalized spacial score (nSPS) is 12.5. The Balaban J connectivity index is 1.32. The molecule has 0 radical (unpaired) electrons. The van der Waals surface area contributed by atoms with Gasteiger partial charge in [-0.15, -0.1) is 0 Å². The van der Waals surface area contributed by atoms with Crippen molar-refractivity contribution in [3.8, 4) is 56.0 Å². The molecule has 46 heavy (non-hydrogen) atoms. The lowest BCUT2D eigenvalue weighted by molar-refractivity contribution is 0.483. The smallest absolute Gasteiger partial charge is 0.244 e. The second kappa shape index (κ2) is 9.39. The van der Waals surface area contributed by atoms with E-state index in [1.165, 1.54) is 27.2 Å². The summed E-state index contributed by atoms with van der Waals surface area (Å²) in [6.45, 7) is 4.20. The Kier molecular flexibility index (Phi) is 5.22. The number of rotatable bonds is 4. The molecule has 0 N–H and O–H groups in total. The molecule has 0 saturated carbocycles. The van der Waals surface area contributed by atoms with Gasteiger partial charge in [0.25, 0.3) is 0 Å². The van der Waals surface area contributed by atoms with Gasteiger partial charge < -0.3 is 13.6 Å². The molecule has 10 rings (SSSR count). The summed E-state index contributed by atoms with van der Waals surface area (Å²) in [4.78, 5) is 0. The van der Waals surface area contributed by atoms with Crippen LogP contribution in [0.2, 0.25) is 0 Å². The van der Waals surface area contributed by atoms with Gasteiger partial charge in [-0.1, -0.05) is 120 Å². The maximum atomic E-state index is 6.74. The fourth-order valence-electron chi connectivity index (χ4n) is 8.02. The highest BCUT2D eigenvalue weighted by Gasteiger charge is 2.42. The van der Waals surface area contributed by atoms with Crippen molar-refractivity contribution in [2.24, 2.45) is 0 Å². The second-order valence-electron chi connectivity index (χ2n) is 12.4. The lowest BCUT2D eigenvalue weighted by atomic mass is 9.31. The average Bonchev–Trinajstić information content (AvgIpc) is 3.63. The molecule has 2 aromatic heterocycles. The van der Waals surface area contributed by atoms with Crippen LogP contribution < -0.4 is 21.1 Å². The Labute approximate surface area is 266 Å². The Morgan fingerprint density at radius 1 is 0.478 bits per heavy atom. The molecule has 0 spiro atoms. The molecular formula is C42H27BO3. The minimum Gasteiger partial charge on any atom is -0.460 e. The SMILES string of the molecule is Cc1oc2c(-c3ccccc3)ccc3c2c1-c1cc(Oc2ccccc2)cc2c1B3c1ccc(-c3ccccc3)c3oc(C)c-2c13. The first-order valence-electron chi connectivity index (χ1n) is 15.8. The third-order valence-electron chi connectivity index (χ3n) is 9.85. The zero-order valence-corrected chi connectivity index (χ0v) is 25.4. The first-order valence-corrected chi connectivity index (χ1v) is 15.8. The first-order chi connectivity index (χ1) is 22.7. The van der Waals surface area contributed by atoms with Crippen LogP contribution in [0.4, 0.5) is 0 Å². The summed E-state index contributed by atoms with van der Waals surface area (Å²) in [6, 6.07) is 44.6. The summed E-state index contributed by atoms with van der Waals surface area (Å²) < 4.78 is 20.0. The van der Waals surface area contributed by atoms with E-state index in [0.29, 0.717) is 0 Å². The van der Waals surface area contributed by atoms with Crippen LogP contribution in [0.1, 0.15) is 11.5 Å². The number of hydrogen-bond donors (Lipinski definition) is 0. The summed E-state index contributed by atoms with van der Waals surface area (Å²) in [5.74, 6) is 3.43. The average molecular weight is 590 g/mol. The molecule has 0 aliphatic carbocycles. The number of ether oxygens (including phenoxy) is 1.